The van der Waals surface area contributed by atoms with Gasteiger partial charge in [0, 0.05) is 0 Å². The number of aromatic nitrogens is 2. The van der Waals surface area contributed by atoms with Gasteiger partial charge in [0.1, 0.15) is 5.75 Å². The molecule has 1 heterocycles. The van der Waals surface area contributed by atoms with Crippen LogP contribution >= 0.6 is 0 Å². The summed E-state index contributed by atoms with van der Waals surface area (Å²) in [5.74, 6) is 0.508. The van der Waals surface area contributed by atoms with E-state index in [4.69, 9.17) is 0 Å². The average Bonchev–Trinajstić information content (AvgIpc) is 2.70. The van der Waals surface area contributed by atoms with Crippen molar-refractivity contribution in [2.24, 2.45) is 5.10 Å². The molecule has 0 unspecified atom stereocenters. The zero-order valence-corrected chi connectivity index (χ0v) is 14.3. The summed E-state index contributed by atoms with van der Waals surface area (Å²) in [7, 11) is 0. The van der Waals surface area contributed by atoms with Gasteiger partial charge in [-0.1, -0.05) is 30.3 Å². The number of para-hydroxylation sites is 2. The number of anilines is 1. The minimum atomic E-state index is -0.172. The summed E-state index contributed by atoms with van der Waals surface area (Å²) in [6, 6.07) is 23.1. The molecular weight excluding hydrogens is 340 g/mol. The lowest BCUT2D eigenvalue weighted by Crippen LogP contribution is -2.22. The molecule has 2 N–H and O–H groups in total. The van der Waals surface area contributed by atoms with Crippen molar-refractivity contribution < 1.29 is 5.11 Å². The number of fused-ring (bicyclic) bond motifs is 1. The topological polar surface area (TPSA) is 79.5 Å². The number of phenolic OH excluding ortho intramolecular Hbond substituents is 1. The highest BCUT2D eigenvalue weighted by Crippen LogP contribution is 2.16. The molecule has 0 aliphatic rings. The third-order valence-corrected chi connectivity index (χ3v) is 4.06. The Labute approximate surface area is 155 Å². The van der Waals surface area contributed by atoms with E-state index in [1.807, 2.05) is 42.5 Å². The minimum Gasteiger partial charge on any atom is -0.508 e. The number of aromatic hydroxyl groups is 1. The fourth-order valence-electron chi connectivity index (χ4n) is 2.75. The smallest absolute Gasteiger partial charge is 0.267 e. The molecule has 3 aromatic carbocycles. The van der Waals surface area contributed by atoms with Gasteiger partial charge in [0.25, 0.3) is 5.56 Å². The van der Waals surface area contributed by atoms with Gasteiger partial charge in [-0.05, 0) is 54.1 Å². The van der Waals surface area contributed by atoms with Crippen molar-refractivity contribution in [3.63, 3.8) is 0 Å². The van der Waals surface area contributed by atoms with Gasteiger partial charge in [0.2, 0.25) is 5.95 Å². The Morgan fingerprint density at radius 1 is 0.926 bits per heavy atom. The normalized spacial score (nSPS) is 11.1. The van der Waals surface area contributed by atoms with Crippen LogP contribution in [-0.4, -0.2) is 20.9 Å². The zero-order valence-electron chi connectivity index (χ0n) is 14.3. The second-order valence-electron chi connectivity index (χ2n) is 5.89. The monoisotopic (exact) mass is 356 g/mol. The Kier molecular flexibility index (Phi) is 4.37. The molecule has 6 heteroatoms. The fourth-order valence-corrected chi connectivity index (χ4v) is 2.75. The molecule has 0 saturated carbocycles. The lowest BCUT2D eigenvalue weighted by atomic mass is 10.2. The van der Waals surface area contributed by atoms with Crippen molar-refractivity contribution in [1.29, 1.82) is 0 Å². The van der Waals surface area contributed by atoms with Crippen LogP contribution in [0.2, 0.25) is 0 Å². The van der Waals surface area contributed by atoms with Crippen LogP contribution < -0.4 is 11.0 Å². The number of phenols is 1. The molecule has 0 fully saturated rings. The Balaban J connectivity index is 1.78. The van der Waals surface area contributed by atoms with E-state index in [1.54, 1.807) is 42.6 Å². The first kappa shape index (κ1) is 16.5. The van der Waals surface area contributed by atoms with Crippen molar-refractivity contribution in [2.45, 2.75) is 0 Å². The molecule has 4 rings (SSSR count). The van der Waals surface area contributed by atoms with Crippen LogP contribution in [-0.2, 0) is 0 Å². The first-order valence-electron chi connectivity index (χ1n) is 8.38. The molecule has 0 atom stereocenters. The van der Waals surface area contributed by atoms with E-state index < -0.39 is 0 Å². The predicted octanol–water partition coefficient (Wildman–Crippen LogP) is 3.54. The molecule has 1 aromatic heterocycles. The van der Waals surface area contributed by atoms with Gasteiger partial charge in [-0.25, -0.2) is 15.0 Å². The Bertz CT molecular complexity index is 1170. The summed E-state index contributed by atoms with van der Waals surface area (Å²) in [6.07, 6.45) is 1.59. The van der Waals surface area contributed by atoms with Gasteiger partial charge in [-0.15, -0.1) is 0 Å². The molecule has 27 heavy (non-hydrogen) atoms. The van der Waals surface area contributed by atoms with Crippen LogP contribution in [0.1, 0.15) is 5.56 Å². The molecule has 0 aliphatic carbocycles. The first-order chi connectivity index (χ1) is 13.2. The minimum absolute atomic E-state index is 0.172. The van der Waals surface area contributed by atoms with Gasteiger partial charge in [0.05, 0.1) is 22.8 Å². The van der Waals surface area contributed by atoms with E-state index in [0.717, 1.165) is 5.56 Å². The van der Waals surface area contributed by atoms with Crippen LogP contribution in [0.25, 0.3) is 16.6 Å². The number of hydrazone groups is 1. The van der Waals surface area contributed by atoms with Gasteiger partial charge >= 0.3 is 0 Å². The molecular formula is C21H16N4O2. The Morgan fingerprint density at radius 2 is 1.63 bits per heavy atom. The molecule has 0 aliphatic heterocycles. The molecule has 0 amide bonds. The van der Waals surface area contributed by atoms with Crippen molar-refractivity contribution in [2.75, 3.05) is 5.43 Å². The third-order valence-electron chi connectivity index (χ3n) is 4.06. The van der Waals surface area contributed by atoms with Crippen LogP contribution in [0.3, 0.4) is 0 Å². The standard InChI is InChI=1S/C21H16N4O2/c26-17-12-10-15(11-13-17)14-22-24-21-23-19-9-5-4-8-18(19)20(27)25(21)16-6-2-1-3-7-16/h1-14,26H,(H,23,24)/b22-14+. The van der Waals surface area contributed by atoms with Gasteiger partial charge in [-0.2, -0.15) is 5.10 Å². The SMILES string of the molecule is O=c1c2ccccc2nc(N/N=C/c2ccc(O)cc2)n1-c1ccccc1. The predicted molar refractivity (Wildman–Crippen MR) is 107 cm³/mol. The lowest BCUT2D eigenvalue weighted by Gasteiger charge is -2.12. The van der Waals surface area contributed by atoms with E-state index >= 15 is 0 Å². The van der Waals surface area contributed by atoms with Gasteiger partial charge in [0.15, 0.2) is 0 Å². The van der Waals surface area contributed by atoms with E-state index in [0.29, 0.717) is 22.5 Å². The zero-order chi connectivity index (χ0) is 18.6. The number of nitrogens with zero attached hydrogens (tertiary/aromatic N) is 3. The number of nitrogens with one attached hydrogen (secondary N) is 1. The number of benzene rings is 3. The summed E-state index contributed by atoms with van der Waals surface area (Å²) < 4.78 is 1.50. The van der Waals surface area contributed by atoms with Gasteiger partial charge < -0.3 is 5.11 Å². The average molecular weight is 356 g/mol. The Hall–Kier alpha value is -3.93. The second kappa shape index (κ2) is 7.13. The van der Waals surface area contributed by atoms with Crippen LogP contribution in [0.15, 0.2) is 88.8 Å². The molecule has 4 aromatic rings. The number of rotatable bonds is 4. The maximum atomic E-state index is 13.0. The summed E-state index contributed by atoms with van der Waals surface area (Å²) >= 11 is 0. The molecule has 6 nitrogen and oxygen atoms in total. The van der Waals surface area contributed by atoms with E-state index in [-0.39, 0.29) is 11.3 Å². The summed E-state index contributed by atoms with van der Waals surface area (Å²) in [5.41, 5.74) is 4.79. The highest BCUT2D eigenvalue weighted by molar-refractivity contribution is 5.81. The van der Waals surface area contributed by atoms with Crippen LogP contribution in [0, 0.1) is 0 Å². The summed E-state index contributed by atoms with van der Waals surface area (Å²) in [6.45, 7) is 0. The van der Waals surface area contributed by atoms with E-state index in [9.17, 15) is 9.90 Å². The maximum Gasteiger partial charge on any atom is 0.267 e. The van der Waals surface area contributed by atoms with E-state index in [1.165, 1.54) is 4.57 Å². The third kappa shape index (κ3) is 3.41. The van der Waals surface area contributed by atoms with Crippen molar-refractivity contribution >= 4 is 23.1 Å². The van der Waals surface area contributed by atoms with Crippen molar-refractivity contribution in [3.05, 3.63) is 94.8 Å². The molecule has 0 radical (unpaired) electrons. The quantitative estimate of drug-likeness (QED) is 0.433. The van der Waals surface area contributed by atoms with Crippen molar-refractivity contribution in [1.82, 2.24) is 9.55 Å². The largest absolute Gasteiger partial charge is 0.508 e. The first-order valence-corrected chi connectivity index (χ1v) is 8.38. The molecule has 0 spiro atoms. The summed E-state index contributed by atoms with van der Waals surface area (Å²) in [4.78, 5) is 17.6. The maximum absolute atomic E-state index is 13.0. The lowest BCUT2D eigenvalue weighted by molar-refractivity contribution is 0.475. The number of hydrogen-bond acceptors (Lipinski definition) is 5. The van der Waals surface area contributed by atoms with Crippen LogP contribution in [0.5, 0.6) is 5.75 Å². The summed E-state index contributed by atoms with van der Waals surface area (Å²) in [5, 5.41) is 14.1. The fraction of sp³-hybridized carbons (Fsp3) is 0. The second-order valence-corrected chi connectivity index (χ2v) is 5.89. The Morgan fingerprint density at radius 3 is 2.41 bits per heavy atom. The van der Waals surface area contributed by atoms with Crippen LogP contribution in [0.4, 0.5) is 5.95 Å². The highest BCUT2D eigenvalue weighted by atomic mass is 16.3. The highest BCUT2D eigenvalue weighted by Gasteiger charge is 2.11. The molecule has 132 valence electrons. The molecule has 0 saturated heterocycles. The van der Waals surface area contributed by atoms with Gasteiger partial charge in [-0.3, -0.25) is 4.79 Å². The van der Waals surface area contributed by atoms with E-state index in [2.05, 4.69) is 15.5 Å². The molecule has 0 bridgehead atoms. The van der Waals surface area contributed by atoms with Crippen molar-refractivity contribution in [3.8, 4) is 11.4 Å². The number of hydrogen-bond donors (Lipinski definition) is 2.